The summed E-state index contributed by atoms with van der Waals surface area (Å²) in [5.74, 6) is 0.981. The maximum atomic E-state index is 6.04. The van der Waals surface area contributed by atoms with Gasteiger partial charge in [-0.2, -0.15) is 0 Å². The number of aromatic nitrogens is 2. The third-order valence-electron chi connectivity index (χ3n) is 9.53. The van der Waals surface area contributed by atoms with Crippen LogP contribution in [0.4, 0.5) is 0 Å². The van der Waals surface area contributed by atoms with E-state index in [2.05, 4.69) is 139 Å². The average Bonchev–Trinajstić information content (AvgIpc) is 3.71. The zero-order valence-electron chi connectivity index (χ0n) is 26.0. The Bertz CT molecular complexity index is 2460. The Kier molecular flexibility index (Phi) is 6.50. The molecule has 0 spiro atoms. The zero-order valence-corrected chi connectivity index (χ0v) is 26.0. The summed E-state index contributed by atoms with van der Waals surface area (Å²) in [7, 11) is 0. The normalized spacial score (nSPS) is 16.2. The Morgan fingerprint density at radius 2 is 1.17 bits per heavy atom. The molecule has 9 rings (SSSR count). The third kappa shape index (κ3) is 4.79. The van der Waals surface area contributed by atoms with Crippen molar-refractivity contribution in [2.24, 2.45) is 5.92 Å². The van der Waals surface area contributed by atoms with Crippen LogP contribution in [0.2, 0.25) is 0 Å². The maximum absolute atomic E-state index is 6.04. The number of nitrogens with zero attached hydrogens (tertiary/aromatic N) is 2. The van der Waals surface area contributed by atoms with Crippen molar-refractivity contribution in [2.75, 3.05) is 0 Å². The lowest BCUT2D eigenvalue weighted by atomic mass is 9.89. The molecule has 2 heterocycles. The van der Waals surface area contributed by atoms with Crippen LogP contribution in [0.5, 0.6) is 0 Å². The van der Waals surface area contributed by atoms with E-state index in [1.807, 2.05) is 36.4 Å². The fourth-order valence-corrected chi connectivity index (χ4v) is 7.13. The van der Waals surface area contributed by atoms with Gasteiger partial charge in [0, 0.05) is 21.9 Å². The van der Waals surface area contributed by atoms with Crippen LogP contribution >= 0.6 is 0 Å². The van der Waals surface area contributed by atoms with E-state index in [4.69, 9.17) is 9.40 Å². The van der Waals surface area contributed by atoms with Crippen molar-refractivity contribution < 1.29 is 4.42 Å². The molecule has 224 valence electrons. The van der Waals surface area contributed by atoms with Crippen LogP contribution in [-0.2, 0) is 0 Å². The second kappa shape index (κ2) is 11.1. The van der Waals surface area contributed by atoms with Gasteiger partial charge in [-0.25, -0.2) is 4.98 Å². The van der Waals surface area contributed by atoms with E-state index in [1.54, 1.807) is 0 Å². The van der Waals surface area contributed by atoms with Crippen LogP contribution in [-0.4, -0.2) is 9.55 Å². The Morgan fingerprint density at radius 3 is 1.91 bits per heavy atom. The molecule has 0 aliphatic heterocycles. The predicted molar refractivity (Wildman–Crippen MR) is 195 cm³/mol. The third-order valence-corrected chi connectivity index (χ3v) is 9.53. The van der Waals surface area contributed by atoms with Gasteiger partial charge in [0.2, 0.25) is 5.89 Å². The zero-order chi connectivity index (χ0) is 31.3. The molecular formula is C44H32N2O. The van der Waals surface area contributed by atoms with Gasteiger partial charge in [-0.3, -0.25) is 0 Å². The minimum atomic E-state index is 0.219. The first-order valence-corrected chi connectivity index (χ1v) is 16.2. The molecule has 47 heavy (non-hydrogen) atoms. The highest BCUT2D eigenvalue weighted by Crippen LogP contribution is 2.40. The lowest BCUT2D eigenvalue weighted by Gasteiger charge is -2.27. The summed E-state index contributed by atoms with van der Waals surface area (Å²) in [6, 6.07) is 51.8. The Labute approximate surface area is 273 Å². The van der Waals surface area contributed by atoms with Crippen molar-refractivity contribution >= 4 is 38.5 Å². The van der Waals surface area contributed by atoms with Crippen molar-refractivity contribution in [3.05, 3.63) is 169 Å². The van der Waals surface area contributed by atoms with Crippen LogP contribution in [0.1, 0.15) is 18.5 Å². The summed E-state index contributed by atoms with van der Waals surface area (Å²) in [5.41, 5.74) is 12.4. The molecule has 0 bridgehead atoms. The van der Waals surface area contributed by atoms with Gasteiger partial charge in [0.1, 0.15) is 5.52 Å². The second-order valence-electron chi connectivity index (χ2n) is 12.5. The number of para-hydroxylation sites is 1. The van der Waals surface area contributed by atoms with Crippen LogP contribution in [0.15, 0.2) is 168 Å². The molecular weight excluding hydrogens is 572 g/mol. The van der Waals surface area contributed by atoms with Crippen LogP contribution in [0.3, 0.4) is 0 Å². The highest BCUT2D eigenvalue weighted by Gasteiger charge is 2.23. The molecule has 0 amide bonds. The van der Waals surface area contributed by atoms with Gasteiger partial charge in [0.25, 0.3) is 0 Å². The number of benzene rings is 6. The van der Waals surface area contributed by atoms with E-state index in [-0.39, 0.29) is 6.04 Å². The first-order chi connectivity index (χ1) is 23.2. The van der Waals surface area contributed by atoms with E-state index in [9.17, 15) is 0 Å². The smallest absolute Gasteiger partial charge is 0.227 e. The molecule has 0 radical (unpaired) electrons. The lowest BCUT2D eigenvalue weighted by molar-refractivity contribution is 0.511. The van der Waals surface area contributed by atoms with Gasteiger partial charge in [0.05, 0.1) is 11.6 Å². The first kappa shape index (κ1) is 27.4. The quantitative estimate of drug-likeness (QED) is 0.196. The molecule has 8 aromatic rings. The minimum Gasteiger partial charge on any atom is -0.436 e. The highest BCUT2D eigenvalue weighted by molar-refractivity contribution is 6.09. The summed E-state index contributed by atoms with van der Waals surface area (Å²) in [6.07, 6.45) is 7.10. The van der Waals surface area contributed by atoms with Crippen molar-refractivity contribution in [2.45, 2.75) is 13.0 Å². The topological polar surface area (TPSA) is 31.0 Å². The standard InChI is InChI=1S/C44H32N2O/c1-29-26-34(30-10-4-2-5-11-30)21-24-40(29)46-41-15-9-8-14-37(41)38-23-20-36(28-42(38)46)32-18-16-31(17-19-32)35-22-25-43-39(27-35)45-44(47-43)33-12-6-3-7-13-33/h2-29,40H,1H3. The van der Waals surface area contributed by atoms with Crippen molar-refractivity contribution in [1.82, 2.24) is 9.55 Å². The van der Waals surface area contributed by atoms with E-state index < -0.39 is 0 Å². The monoisotopic (exact) mass is 604 g/mol. The summed E-state index contributed by atoms with van der Waals surface area (Å²) >= 11 is 0. The fraction of sp³-hybridized carbons (Fsp3) is 0.0682. The highest BCUT2D eigenvalue weighted by atomic mass is 16.3. The molecule has 1 aliphatic carbocycles. The summed E-state index contributed by atoms with van der Waals surface area (Å²) in [5, 5.41) is 2.58. The van der Waals surface area contributed by atoms with Crippen molar-refractivity contribution in [3.8, 4) is 33.7 Å². The van der Waals surface area contributed by atoms with Crippen LogP contribution < -0.4 is 0 Å². The second-order valence-corrected chi connectivity index (χ2v) is 12.5. The Morgan fingerprint density at radius 1 is 0.553 bits per heavy atom. The number of hydrogen-bond acceptors (Lipinski definition) is 2. The van der Waals surface area contributed by atoms with Crippen LogP contribution in [0, 0.1) is 5.92 Å². The number of oxazole rings is 1. The fourth-order valence-electron chi connectivity index (χ4n) is 7.13. The maximum Gasteiger partial charge on any atom is 0.227 e. The number of allylic oxidation sites excluding steroid dienone is 4. The molecule has 6 aromatic carbocycles. The van der Waals surface area contributed by atoms with Gasteiger partial charge < -0.3 is 8.98 Å². The van der Waals surface area contributed by atoms with Gasteiger partial charge in [0.15, 0.2) is 5.58 Å². The summed E-state index contributed by atoms with van der Waals surface area (Å²) in [4.78, 5) is 4.78. The van der Waals surface area contributed by atoms with Gasteiger partial charge in [-0.05, 0) is 75.7 Å². The van der Waals surface area contributed by atoms with Crippen LogP contribution in [0.25, 0.3) is 72.2 Å². The average molecular weight is 605 g/mol. The van der Waals surface area contributed by atoms with Crippen molar-refractivity contribution in [1.29, 1.82) is 0 Å². The van der Waals surface area contributed by atoms with E-state index in [0.717, 1.165) is 27.8 Å². The minimum absolute atomic E-state index is 0.219. The molecule has 0 N–H and O–H groups in total. The summed E-state index contributed by atoms with van der Waals surface area (Å²) in [6.45, 7) is 2.33. The molecule has 2 unspecified atom stereocenters. The Balaban J connectivity index is 1.06. The molecule has 0 saturated heterocycles. The first-order valence-electron chi connectivity index (χ1n) is 16.2. The number of hydrogen-bond donors (Lipinski definition) is 0. The number of rotatable bonds is 5. The molecule has 2 atom stereocenters. The van der Waals surface area contributed by atoms with E-state index in [0.29, 0.717) is 11.8 Å². The Hall–Kier alpha value is -5.93. The molecule has 3 nitrogen and oxygen atoms in total. The predicted octanol–water partition coefficient (Wildman–Crippen LogP) is 11.8. The van der Waals surface area contributed by atoms with Crippen molar-refractivity contribution in [3.63, 3.8) is 0 Å². The lowest BCUT2D eigenvalue weighted by Crippen LogP contribution is -2.16. The largest absolute Gasteiger partial charge is 0.436 e. The molecule has 0 fully saturated rings. The molecule has 3 heteroatoms. The van der Waals surface area contributed by atoms with Gasteiger partial charge in [-0.1, -0.05) is 134 Å². The summed E-state index contributed by atoms with van der Waals surface area (Å²) < 4.78 is 8.58. The number of fused-ring (bicyclic) bond motifs is 4. The molecule has 0 saturated carbocycles. The van der Waals surface area contributed by atoms with E-state index in [1.165, 1.54) is 44.1 Å². The van der Waals surface area contributed by atoms with E-state index >= 15 is 0 Å². The SMILES string of the molecule is CC1C=C(c2ccccc2)C=CC1n1c2ccccc2c2ccc(-c3ccc(-c4ccc5oc(-c6ccccc6)nc5c4)cc3)cc21. The van der Waals surface area contributed by atoms with Gasteiger partial charge >= 0.3 is 0 Å². The molecule has 1 aliphatic rings. The van der Waals surface area contributed by atoms with Gasteiger partial charge in [-0.15, -0.1) is 0 Å². The molecule has 2 aromatic heterocycles.